The molecule has 2 atom stereocenters. The fourth-order valence-corrected chi connectivity index (χ4v) is 1.18. The summed E-state index contributed by atoms with van der Waals surface area (Å²) in [5.74, 6) is 0. The van der Waals surface area contributed by atoms with Crippen LogP contribution in [0.5, 0.6) is 0 Å². The summed E-state index contributed by atoms with van der Waals surface area (Å²) in [6.45, 7) is 1.48. The highest BCUT2D eigenvalue weighted by molar-refractivity contribution is 5.62. The lowest BCUT2D eigenvalue weighted by atomic mass is 10.0. The summed E-state index contributed by atoms with van der Waals surface area (Å²) in [6, 6.07) is 4.97. The standard InChI is InChI=1S/C9H14N2O2/c1-5(12)9(13)8-6(10)3-2-4-7(8)11/h2-5,9,12-13H,10-11H2,1H3. The van der Waals surface area contributed by atoms with Gasteiger partial charge in [-0.1, -0.05) is 6.07 Å². The summed E-state index contributed by atoms with van der Waals surface area (Å²) >= 11 is 0. The van der Waals surface area contributed by atoms with Gasteiger partial charge in [-0.05, 0) is 19.1 Å². The van der Waals surface area contributed by atoms with Crippen LogP contribution in [0.3, 0.4) is 0 Å². The third-order valence-electron chi connectivity index (χ3n) is 1.93. The molecule has 0 saturated carbocycles. The minimum atomic E-state index is -1.03. The molecule has 13 heavy (non-hydrogen) atoms. The highest BCUT2D eigenvalue weighted by Crippen LogP contribution is 2.28. The third kappa shape index (κ3) is 1.91. The maximum absolute atomic E-state index is 9.55. The van der Waals surface area contributed by atoms with Gasteiger partial charge >= 0.3 is 0 Å². The maximum Gasteiger partial charge on any atom is 0.109 e. The molecule has 6 N–H and O–H groups in total. The number of rotatable bonds is 2. The van der Waals surface area contributed by atoms with Crippen molar-refractivity contribution in [3.05, 3.63) is 23.8 Å². The van der Waals surface area contributed by atoms with Gasteiger partial charge in [-0.3, -0.25) is 0 Å². The Kier molecular flexibility index (Phi) is 2.75. The molecule has 0 spiro atoms. The second kappa shape index (κ2) is 3.64. The number of nitrogens with two attached hydrogens (primary N) is 2. The first-order chi connectivity index (χ1) is 6.04. The zero-order valence-corrected chi connectivity index (χ0v) is 7.44. The minimum Gasteiger partial charge on any atom is -0.398 e. The van der Waals surface area contributed by atoms with Gasteiger partial charge in [0, 0.05) is 16.9 Å². The Morgan fingerprint density at radius 2 is 1.62 bits per heavy atom. The summed E-state index contributed by atoms with van der Waals surface area (Å²) in [5.41, 5.74) is 12.4. The van der Waals surface area contributed by atoms with Gasteiger partial charge in [-0.2, -0.15) is 0 Å². The predicted molar refractivity (Wildman–Crippen MR) is 51.9 cm³/mol. The van der Waals surface area contributed by atoms with E-state index in [-0.39, 0.29) is 0 Å². The minimum absolute atomic E-state index is 0.397. The molecule has 0 aliphatic heterocycles. The van der Waals surface area contributed by atoms with Gasteiger partial charge in [0.1, 0.15) is 6.10 Å². The largest absolute Gasteiger partial charge is 0.398 e. The SMILES string of the molecule is CC(O)C(O)c1c(N)cccc1N. The fourth-order valence-electron chi connectivity index (χ4n) is 1.18. The van der Waals surface area contributed by atoms with Crippen LogP contribution in [0, 0.1) is 0 Å². The molecule has 0 heterocycles. The molecule has 72 valence electrons. The number of nitrogen functional groups attached to an aromatic ring is 2. The molecule has 4 heteroatoms. The zero-order chi connectivity index (χ0) is 10.0. The second-order valence-electron chi connectivity index (χ2n) is 3.04. The van der Waals surface area contributed by atoms with Crippen LogP contribution in [0.15, 0.2) is 18.2 Å². The van der Waals surface area contributed by atoms with Crippen molar-refractivity contribution in [3.8, 4) is 0 Å². The van der Waals surface area contributed by atoms with Gasteiger partial charge < -0.3 is 21.7 Å². The van der Waals surface area contributed by atoms with Crippen molar-refractivity contribution in [3.63, 3.8) is 0 Å². The summed E-state index contributed by atoms with van der Waals surface area (Å²) in [4.78, 5) is 0. The summed E-state index contributed by atoms with van der Waals surface area (Å²) in [7, 11) is 0. The molecule has 0 aliphatic carbocycles. The molecule has 0 aromatic heterocycles. The van der Waals surface area contributed by atoms with Gasteiger partial charge in [0.2, 0.25) is 0 Å². The molecule has 1 aromatic carbocycles. The van der Waals surface area contributed by atoms with Crippen LogP contribution in [0.2, 0.25) is 0 Å². The Balaban J connectivity index is 3.12. The average molecular weight is 182 g/mol. The zero-order valence-electron chi connectivity index (χ0n) is 7.44. The Morgan fingerprint density at radius 1 is 1.15 bits per heavy atom. The van der Waals surface area contributed by atoms with E-state index in [0.29, 0.717) is 16.9 Å². The summed E-state index contributed by atoms with van der Waals surface area (Å²) < 4.78 is 0. The number of hydrogen-bond acceptors (Lipinski definition) is 4. The lowest BCUT2D eigenvalue weighted by Crippen LogP contribution is -2.17. The van der Waals surface area contributed by atoms with Crippen molar-refractivity contribution in [2.75, 3.05) is 11.5 Å². The molecule has 2 unspecified atom stereocenters. The smallest absolute Gasteiger partial charge is 0.109 e. The van der Waals surface area contributed by atoms with Gasteiger partial charge in [-0.25, -0.2) is 0 Å². The number of aliphatic hydroxyl groups excluding tert-OH is 2. The van der Waals surface area contributed by atoms with Crippen LogP contribution in [0.4, 0.5) is 11.4 Å². The molecule has 0 amide bonds. The van der Waals surface area contributed by atoms with Crippen molar-refractivity contribution >= 4 is 11.4 Å². The first-order valence-electron chi connectivity index (χ1n) is 4.04. The lowest BCUT2D eigenvalue weighted by molar-refractivity contribution is 0.0314. The van der Waals surface area contributed by atoms with E-state index < -0.39 is 12.2 Å². The van der Waals surface area contributed by atoms with Crippen molar-refractivity contribution in [2.24, 2.45) is 0 Å². The van der Waals surface area contributed by atoms with E-state index in [1.807, 2.05) is 0 Å². The first-order valence-corrected chi connectivity index (χ1v) is 4.04. The van der Waals surface area contributed by atoms with Crippen molar-refractivity contribution < 1.29 is 10.2 Å². The molecule has 0 bridgehead atoms. The van der Waals surface area contributed by atoms with Gasteiger partial charge in [0.15, 0.2) is 0 Å². The fraction of sp³-hybridized carbons (Fsp3) is 0.333. The van der Waals surface area contributed by atoms with Crippen LogP contribution in [-0.4, -0.2) is 16.3 Å². The number of hydrogen-bond donors (Lipinski definition) is 4. The normalized spacial score (nSPS) is 15.3. The molecule has 0 radical (unpaired) electrons. The third-order valence-corrected chi connectivity index (χ3v) is 1.93. The number of anilines is 2. The van der Waals surface area contributed by atoms with Crippen LogP contribution >= 0.6 is 0 Å². The molecule has 0 saturated heterocycles. The Labute approximate surface area is 76.8 Å². The van der Waals surface area contributed by atoms with Gasteiger partial charge in [0.25, 0.3) is 0 Å². The van der Waals surface area contributed by atoms with Crippen LogP contribution < -0.4 is 11.5 Å². The van der Waals surface area contributed by atoms with E-state index in [1.54, 1.807) is 18.2 Å². The van der Waals surface area contributed by atoms with E-state index in [0.717, 1.165) is 0 Å². The monoisotopic (exact) mass is 182 g/mol. The Hall–Kier alpha value is -1.26. The Morgan fingerprint density at radius 3 is 2.00 bits per heavy atom. The van der Waals surface area contributed by atoms with E-state index in [2.05, 4.69) is 0 Å². The molecule has 4 nitrogen and oxygen atoms in total. The molecule has 1 aromatic rings. The molecule has 1 rings (SSSR count). The van der Waals surface area contributed by atoms with E-state index >= 15 is 0 Å². The van der Waals surface area contributed by atoms with Crippen LogP contribution in [-0.2, 0) is 0 Å². The molecule has 0 aliphatic rings. The highest BCUT2D eigenvalue weighted by atomic mass is 16.3. The average Bonchev–Trinajstić information content (AvgIpc) is 2.03. The topological polar surface area (TPSA) is 92.5 Å². The molecular weight excluding hydrogens is 168 g/mol. The Bertz CT molecular complexity index is 279. The highest BCUT2D eigenvalue weighted by Gasteiger charge is 2.18. The number of benzene rings is 1. The predicted octanol–water partition coefficient (Wildman–Crippen LogP) is 0.265. The molecule has 0 fully saturated rings. The quantitative estimate of drug-likeness (QED) is 0.494. The van der Waals surface area contributed by atoms with Crippen molar-refractivity contribution in [1.29, 1.82) is 0 Å². The molecular formula is C9H14N2O2. The van der Waals surface area contributed by atoms with E-state index in [9.17, 15) is 5.11 Å². The summed E-state index contributed by atoms with van der Waals surface area (Å²) in [6.07, 6.45) is -1.91. The first kappa shape index (κ1) is 9.83. The number of aliphatic hydroxyl groups is 2. The maximum atomic E-state index is 9.55. The van der Waals surface area contributed by atoms with Crippen LogP contribution in [0.1, 0.15) is 18.6 Å². The van der Waals surface area contributed by atoms with Gasteiger partial charge in [0.05, 0.1) is 6.10 Å². The van der Waals surface area contributed by atoms with Crippen LogP contribution in [0.25, 0.3) is 0 Å². The van der Waals surface area contributed by atoms with Crippen molar-refractivity contribution in [1.82, 2.24) is 0 Å². The van der Waals surface area contributed by atoms with E-state index in [1.165, 1.54) is 6.92 Å². The van der Waals surface area contributed by atoms with Crippen molar-refractivity contribution in [2.45, 2.75) is 19.1 Å². The lowest BCUT2D eigenvalue weighted by Gasteiger charge is -2.17. The second-order valence-corrected chi connectivity index (χ2v) is 3.04. The summed E-state index contributed by atoms with van der Waals surface area (Å²) in [5, 5.41) is 18.7. The van der Waals surface area contributed by atoms with E-state index in [4.69, 9.17) is 16.6 Å². The van der Waals surface area contributed by atoms with Gasteiger partial charge in [-0.15, -0.1) is 0 Å².